The summed E-state index contributed by atoms with van der Waals surface area (Å²) in [5.41, 5.74) is 5.46. The quantitative estimate of drug-likeness (QED) is 0.718. The molecule has 0 aromatic heterocycles. The molecule has 0 aromatic carbocycles. The summed E-state index contributed by atoms with van der Waals surface area (Å²) in [7, 11) is 6.18. The topological polar surface area (TPSA) is 52.8 Å². The minimum Gasteiger partial charge on any atom is -0.346 e. The molecule has 5 heteroatoms. The highest BCUT2D eigenvalue weighted by Crippen LogP contribution is 2.13. The second kappa shape index (κ2) is 8.51. The zero-order valence-corrected chi connectivity index (χ0v) is 12.8. The van der Waals surface area contributed by atoms with Crippen molar-refractivity contribution in [3.63, 3.8) is 0 Å². The molecule has 0 aliphatic carbocycles. The second-order valence-electron chi connectivity index (χ2n) is 5.75. The van der Waals surface area contributed by atoms with Crippen LogP contribution in [0.4, 0.5) is 0 Å². The summed E-state index contributed by atoms with van der Waals surface area (Å²) in [6.45, 7) is 4.58. The number of hydrogen-bond donors (Lipinski definition) is 1. The number of rotatable bonds is 7. The molecule has 2 N–H and O–H groups in total. The fourth-order valence-corrected chi connectivity index (χ4v) is 2.60. The molecule has 1 rings (SSSR count). The first-order valence-electron chi connectivity index (χ1n) is 7.37. The van der Waals surface area contributed by atoms with Crippen molar-refractivity contribution >= 4 is 5.91 Å². The molecule has 0 saturated carbocycles. The van der Waals surface area contributed by atoms with Gasteiger partial charge < -0.3 is 20.4 Å². The highest BCUT2D eigenvalue weighted by Gasteiger charge is 2.21. The van der Waals surface area contributed by atoms with Gasteiger partial charge in [-0.1, -0.05) is 0 Å². The van der Waals surface area contributed by atoms with Gasteiger partial charge in [0.25, 0.3) is 0 Å². The first-order valence-corrected chi connectivity index (χ1v) is 7.37. The van der Waals surface area contributed by atoms with E-state index in [4.69, 9.17) is 5.73 Å². The van der Waals surface area contributed by atoms with Gasteiger partial charge in [0, 0.05) is 39.1 Å². The molecule has 0 radical (unpaired) electrons. The van der Waals surface area contributed by atoms with E-state index in [1.807, 2.05) is 7.05 Å². The van der Waals surface area contributed by atoms with Crippen LogP contribution in [-0.4, -0.2) is 80.5 Å². The Morgan fingerprint density at radius 3 is 2.74 bits per heavy atom. The summed E-state index contributed by atoms with van der Waals surface area (Å²) >= 11 is 0. The van der Waals surface area contributed by atoms with E-state index >= 15 is 0 Å². The van der Waals surface area contributed by atoms with E-state index < -0.39 is 0 Å². The van der Waals surface area contributed by atoms with Gasteiger partial charge in [-0.2, -0.15) is 0 Å². The van der Waals surface area contributed by atoms with Crippen molar-refractivity contribution in [3.8, 4) is 0 Å². The number of nitrogens with zero attached hydrogens (tertiary/aromatic N) is 3. The summed E-state index contributed by atoms with van der Waals surface area (Å²) in [4.78, 5) is 18.5. The molecule has 1 amide bonds. The molecule has 0 bridgehead atoms. The zero-order valence-electron chi connectivity index (χ0n) is 12.8. The van der Waals surface area contributed by atoms with Gasteiger partial charge in [-0.05, 0) is 46.4 Å². The van der Waals surface area contributed by atoms with Crippen molar-refractivity contribution in [2.24, 2.45) is 5.73 Å². The van der Waals surface area contributed by atoms with Gasteiger partial charge in [0.2, 0.25) is 5.91 Å². The lowest BCUT2D eigenvalue weighted by molar-refractivity contribution is -0.130. The minimum atomic E-state index is 0.226. The first-order chi connectivity index (χ1) is 9.04. The van der Waals surface area contributed by atoms with Gasteiger partial charge in [0.05, 0.1) is 0 Å². The molecule has 1 atom stereocenters. The molecule has 112 valence electrons. The summed E-state index contributed by atoms with van der Waals surface area (Å²) in [6, 6.07) is 0.598. The van der Waals surface area contributed by atoms with Gasteiger partial charge in [-0.15, -0.1) is 0 Å². The average Bonchev–Trinajstić information content (AvgIpc) is 2.41. The van der Waals surface area contributed by atoms with E-state index in [1.165, 1.54) is 19.4 Å². The van der Waals surface area contributed by atoms with Crippen molar-refractivity contribution in [1.29, 1.82) is 0 Å². The molecule has 0 aromatic rings. The summed E-state index contributed by atoms with van der Waals surface area (Å²) in [6.07, 6.45) is 4.00. The van der Waals surface area contributed by atoms with Gasteiger partial charge in [0.1, 0.15) is 0 Å². The molecule has 1 aliphatic heterocycles. The summed E-state index contributed by atoms with van der Waals surface area (Å²) in [5, 5.41) is 0. The highest BCUT2D eigenvalue weighted by molar-refractivity contribution is 5.76. The molecule has 1 saturated heterocycles. The number of nitrogens with two attached hydrogens (primary N) is 1. The Balaban J connectivity index is 2.25. The van der Waals surface area contributed by atoms with Crippen LogP contribution in [0.3, 0.4) is 0 Å². The van der Waals surface area contributed by atoms with Gasteiger partial charge in [-0.3, -0.25) is 4.79 Å². The monoisotopic (exact) mass is 270 g/mol. The minimum absolute atomic E-state index is 0.226. The lowest BCUT2D eigenvalue weighted by Gasteiger charge is -2.36. The number of carbonyl (C=O) groups is 1. The van der Waals surface area contributed by atoms with E-state index in [2.05, 4.69) is 23.9 Å². The molecule has 5 nitrogen and oxygen atoms in total. The largest absolute Gasteiger partial charge is 0.346 e. The van der Waals surface area contributed by atoms with Crippen LogP contribution in [0.1, 0.15) is 25.7 Å². The Morgan fingerprint density at radius 2 is 2.11 bits per heavy atom. The number of piperidine rings is 1. The lowest BCUT2D eigenvalue weighted by Crippen LogP contribution is -2.45. The molecule has 1 unspecified atom stereocenters. The first kappa shape index (κ1) is 16.4. The number of carbonyl (C=O) groups excluding carboxylic acids is 1. The predicted molar refractivity (Wildman–Crippen MR) is 79.1 cm³/mol. The third kappa shape index (κ3) is 5.89. The van der Waals surface area contributed by atoms with Gasteiger partial charge in [0.15, 0.2) is 0 Å². The summed E-state index contributed by atoms with van der Waals surface area (Å²) in [5.74, 6) is 0.226. The smallest absolute Gasteiger partial charge is 0.223 e. The van der Waals surface area contributed by atoms with E-state index in [0.717, 1.165) is 26.1 Å². The Labute approximate surface area is 117 Å². The Morgan fingerprint density at radius 1 is 1.37 bits per heavy atom. The van der Waals surface area contributed by atoms with Crippen molar-refractivity contribution < 1.29 is 4.79 Å². The molecule has 1 aliphatic rings. The van der Waals surface area contributed by atoms with Crippen LogP contribution in [0.5, 0.6) is 0 Å². The van der Waals surface area contributed by atoms with E-state index in [0.29, 0.717) is 19.0 Å². The summed E-state index contributed by atoms with van der Waals surface area (Å²) < 4.78 is 0. The van der Waals surface area contributed by atoms with Crippen LogP contribution in [0.15, 0.2) is 0 Å². The van der Waals surface area contributed by atoms with Gasteiger partial charge in [-0.25, -0.2) is 0 Å². The predicted octanol–water partition coefficient (Wildman–Crippen LogP) is 0.210. The van der Waals surface area contributed by atoms with Crippen LogP contribution < -0.4 is 5.73 Å². The van der Waals surface area contributed by atoms with Crippen LogP contribution in [0.2, 0.25) is 0 Å². The van der Waals surface area contributed by atoms with E-state index in [1.54, 1.807) is 4.90 Å². The molecule has 0 spiro atoms. The maximum atomic E-state index is 11.9. The van der Waals surface area contributed by atoms with E-state index in [-0.39, 0.29) is 5.91 Å². The normalized spacial score (nSPS) is 20.8. The fraction of sp³-hybridized carbons (Fsp3) is 0.929. The molecule has 1 heterocycles. The lowest BCUT2D eigenvalue weighted by atomic mass is 10.0. The van der Waals surface area contributed by atoms with E-state index in [9.17, 15) is 4.79 Å². The van der Waals surface area contributed by atoms with Crippen LogP contribution >= 0.6 is 0 Å². The molecule has 19 heavy (non-hydrogen) atoms. The molecule has 1 fully saturated rings. The third-order valence-electron chi connectivity index (χ3n) is 4.02. The van der Waals surface area contributed by atoms with Crippen molar-refractivity contribution in [2.75, 3.05) is 53.9 Å². The number of likely N-dealkylation sites (N-methyl/N-ethyl adjacent to an activating group) is 2. The number of hydrogen-bond acceptors (Lipinski definition) is 4. The molecular formula is C14H30N4O. The van der Waals surface area contributed by atoms with Crippen LogP contribution in [-0.2, 0) is 4.79 Å². The number of likely N-dealkylation sites (tertiary alicyclic amines) is 1. The maximum Gasteiger partial charge on any atom is 0.223 e. The average molecular weight is 270 g/mol. The maximum absolute atomic E-state index is 11.9. The number of amides is 1. The Bertz CT molecular complexity index is 272. The van der Waals surface area contributed by atoms with Crippen molar-refractivity contribution in [1.82, 2.24) is 14.7 Å². The standard InChI is InChI=1S/C14H30N4O/c1-16-9-4-6-13(12-16)17(2)11-7-14(19)18(3)10-5-8-15/h13H,4-12,15H2,1-3H3. The highest BCUT2D eigenvalue weighted by atomic mass is 16.2. The SMILES string of the molecule is CN1CCCC(N(C)CCC(=O)N(C)CCCN)C1. The molecular weight excluding hydrogens is 240 g/mol. The van der Waals surface area contributed by atoms with Gasteiger partial charge >= 0.3 is 0 Å². The zero-order chi connectivity index (χ0) is 14.3. The third-order valence-corrected chi connectivity index (χ3v) is 4.02. The fourth-order valence-electron chi connectivity index (χ4n) is 2.60. The van der Waals surface area contributed by atoms with Crippen molar-refractivity contribution in [3.05, 3.63) is 0 Å². The van der Waals surface area contributed by atoms with Crippen molar-refractivity contribution in [2.45, 2.75) is 31.7 Å². The Hall–Kier alpha value is -0.650. The Kier molecular flexibility index (Phi) is 7.34. The van der Waals surface area contributed by atoms with Crippen LogP contribution in [0.25, 0.3) is 0 Å². The second-order valence-corrected chi connectivity index (χ2v) is 5.75. The van der Waals surface area contributed by atoms with Crippen LogP contribution in [0, 0.1) is 0 Å².